The molecule has 98 valence electrons. The van der Waals surface area contributed by atoms with Gasteiger partial charge in [-0.3, -0.25) is 24.9 Å². The highest BCUT2D eigenvalue weighted by Gasteiger charge is 2.15. The van der Waals surface area contributed by atoms with Crippen molar-refractivity contribution in [2.45, 2.75) is 6.54 Å². The standard InChI is InChI=1S/C10H9N5O4/c11-10-7(2-1-3-9(10)15(18)19)5-13-6-8(4-12-13)14(16)17/h1-4,6H,5,11H2. The molecule has 0 radical (unpaired) electrons. The molecule has 0 fully saturated rings. The van der Waals surface area contributed by atoms with Crippen LogP contribution in [0.5, 0.6) is 0 Å². The summed E-state index contributed by atoms with van der Waals surface area (Å²) in [4.78, 5) is 20.1. The van der Waals surface area contributed by atoms with Gasteiger partial charge in [0.05, 0.1) is 16.4 Å². The van der Waals surface area contributed by atoms with Crippen molar-refractivity contribution in [3.8, 4) is 0 Å². The minimum Gasteiger partial charge on any atom is -0.393 e. The lowest BCUT2D eigenvalue weighted by Gasteiger charge is -2.05. The van der Waals surface area contributed by atoms with E-state index >= 15 is 0 Å². The molecule has 0 aliphatic rings. The zero-order valence-corrected chi connectivity index (χ0v) is 9.59. The number of para-hydroxylation sites is 1. The maximum absolute atomic E-state index is 10.7. The predicted octanol–water partition coefficient (Wildman–Crippen LogP) is 1.33. The Labute approximate surface area is 106 Å². The molecule has 9 heteroatoms. The quantitative estimate of drug-likeness (QED) is 0.503. The van der Waals surface area contributed by atoms with Crippen LogP contribution in [0.1, 0.15) is 5.56 Å². The monoisotopic (exact) mass is 263 g/mol. The molecule has 0 bridgehead atoms. The summed E-state index contributed by atoms with van der Waals surface area (Å²) < 4.78 is 1.30. The molecule has 0 spiro atoms. The van der Waals surface area contributed by atoms with Crippen LogP contribution in [-0.4, -0.2) is 19.6 Å². The molecule has 2 rings (SSSR count). The Morgan fingerprint density at radius 1 is 1.26 bits per heavy atom. The Balaban J connectivity index is 2.30. The summed E-state index contributed by atoms with van der Waals surface area (Å²) in [7, 11) is 0. The van der Waals surface area contributed by atoms with Crippen LogP contribution < -0.4 is 5.73 Å². The average Bonchev–Trinajstić information content (AvgIpc) is 2.80. The van der Waals surface area contributed by atoms with Crippen molar-refractivity contribution in [1.82, 2.24) is 9.78 Å². The van der Waals surface area contributed by atoms with Crippen LogP contribution in [0, 0.1) is 20.2 Å². The van der Waals surface area contributed by atoms with E-state index in [-0.39, 0.29) is 23.6 Å². The topological polar surface area (TPSA) is 130 Å². The minimum absolute atomic E-state index is 0.0330. The van der Waals surface area contributed by atoms with Gasteiger partial charge in [0, 0.05) is 11.6 Å². The maximum atomic E-state index is 10.7. The second-order valence-electron chi connectivity index (χ2n) is 3.76. The molecule has 1 heterocycles. The van der Waals surface area contributed by atoms with Crippen molar-refractivity contribution in [2.75, 3.05) is 5.73 Å². The van der Waals surface area contributed by atoms with Crippen LogP contribution in [0.2, 0.25) is 0 Å². The van der Waals surface area contributed by atoms with Gasteiger partial charge < -0.3 is 5.73 Å². The number of benzene rings is 1. The van der Waals surface area contributed by atoms with Gasteiger partial charge in [0.15, 0.2) is 0 Å². The SMILES string of the molecule is Nc1c(Cn2cc([N+](=O)[O-])cn2)cccc1[N+](=O)[O-]. The highest BCUT2D eigenvalue weighted by Crippen LogP contribution is 2.25. The van der Waals surface area contributed by atoms with Gasteiger partial charge in [0.1, 0.15) is 18.1 Å². The lowest BCUT2D eigenvalue weighted by Crippen LogP contribution is -2.05. The van der Waals surface area contributed by atoms with Gasteiger partial charge >= 0.3 is 5.69 Å². The zero-order valence-electron chi connectivity index (χ0n) is 9.59. The summed E-state index contributed by atoms with van der Waals surface area (Å²) in [5.41, 5.74) is 5.85. The van der Waals surface area contributed by atoms with Crippen molar-refractivity contribution >= 4 is 17.1 Å². The lowest BCUT2D eigenvalue weighted by atomic mass is 10.1. The van der Waals surface area contributed by atoms with Crippen molar-refractivity contribution < 1.29 is 9.85 Å². The molecule has 0 aliphatic carbocycles. The van der Waals surface area contributed by atoms with Crippen LogP contribution >= 0.6 is 0 Å². The van der Waals surface area contributed by atoms with E-state index in [1.165, 1.54) is 23.0 Å². The number of nitrogens with two attached hydrogens (primary N) is 1. The van der Waals surface area contributed by atoms with Crippen LogP contribution in [-0.2, 0) is 6.54 Å². The fraction of sp³-hybridized carbons (Fsp3) is 0.100. The van der Waals surface area contributed by atoms with E-state index in [1.54, 1.807) is 6.07 Å². The highest BCUT2D eigenvalue weighted by molar-refractivity contribution is 5.63. The normalized spacial score (nSPS) is 10.3. The van der Waals surface area contributed by atoms with E-state index in [2.05, 4.69) is 5.10 Å². The molecule has 19 heavy (non-hydrogen) atoms. The number of hydrogen-bond donors (Lipinski definition) is 1. The van der Waals surface area contributed by atoms with Gasteiger partial charge in [0.25, 0.3) is 5.69 Å². The summed E-state index contributed by atoms with van der Waals surface area (Å²) in [6.45, 7) is 0.126. The number of nitro benzene ring substituents is 1. The van der Waals surface area contributed by atoms with E-state index < -0.39 is 9.85 Å². The van der Waals surface area contributed by atoms with Gasteiger partial charge in [-0.25, -0.2) is 0 Å². The number of anilines is 1. The van der Waals surface area contributed by atoms with Gasteiger partial charge in [0.2, 0.25) is 0 Å². The smallest absolute Gasteiger partial charge is 0.307 e. The van der Waals surface area contributed by atoms with Crippen molar-refractivity contribution in [3.63, 3.8) is 0 Å². The first kappa shape index (κ1) is 12.5. The third-order valence-corrected chi connectivity index (χ3v) is 2.53. The fourth-order valence-electron chi connectivity index (χ4n) is 1.60. The molecule has 9 nitrogen and oxygen atoms in total. The zero-order chi connectivity index (χ0) is 14.0. The summed E-state index contributed by atoms with van der Waals surface area (Å²) in [5.74, 6) is 0. The van der Waals surface area contributed by atoms with Crippen LogP contribution in [0.15, 0.2) is 30.6 Å². The molecule has 2 aromatic rings. The van der Waals surface area contributed by atoms with Crippen molar-refractivity contribution in [3.05, 3.63) is 56.4 Å². The molecule has 0 atom stereocenters. The average molecular weight is 263 g/mol. The van der Waals surface area contributed by atoms with Gasteiger partial charge in [-0.2, -0.15) is 5.10 Å². The summed E-state index contributed by atoms with van der Waals surface area (Å²) >= 11 is 0. The molecule has 0 unspecified atom stereocenters. The Morgan fingerprint density at radius 2 is 2.00 bits per heavy atom. The molecule has 1 aromatic heterocycles. The van der Waals surface area contributed by atoms with Crippen LogP contribution in [0.3, 0.4) is 0 Å². The second kappa shape index (κ2) is 4.72. The molecule has 2 N–H and O–H groups in total. The third kappa shape index (κ3) is 2.49. The van der Waals surface area contributed by atoms with E-state index in [4.69, 9.17) is 5.73 Å². The molecule has 0 saturated carbocycles. The minimum atomic E-state index is -0.579. The number of hydrogen-bond acceptors (Lipinski definition) is 6. The number of nitro groups is 2. The highest BCUT2D eigenvalue weighted by atomic mass is 16.6. The predicted molar refractivity (Wildman–Crippen MR) is 65.5 cm³/mol. The van der Waals surface area contributed by atoms with E-state index in [9.17, 15) is 20.2 Å². The molecular formula is C10H9N5O4. The number of aromatic nitrogens is 2. The fourth-order valence-corrected chi connectivity index (χ4v) is 1.60. The van der Waals surface area contributed by atoms with Gasteiger partial charge in [-0.1, -0.05) is 12.1 Å². The summed E-state index contributed by atoms with van der Waals surface area (Å²) in [6, 6.07) is 4.40. The van der Waals surface area contributed by atoms with Crippen LogP contribution in [0.25, 0.3) is 0 Å². The number of nitrogens with zero attached hydrogens (tertiary/aromatic N) is 4. The Bertz CT molecular complexity index is 651. The van der Waals surface area contributed by atoms with E-state index in [1.807, 2.05) is 0 Å². The Morgan fingerprint density at radius 3 is 2.58 bits per heavy atom. The van der Waals surface area contributed by atoms with Gasteiger partial charge in [-0.15, -0.1) is 0 Å². The Hall–Kier alpha value is -2.97. The largest absolute Gasteiger partial charge is 0.393 e. The van der Waals surface area contributed by atoms with Crippen LogP contribution in [0.4, 0.5) is 17.1 Å². The molecule has 1 aromatic carbocycles. The first-order valence-electron chi connectivity index (χ1n) is 5.17. The lowest BCUT2D eigenvalue weighted by molar-refractivity contribution is -0.385. The van der Waals surface area contributed by atoms with Gasteiger partial charge in [-0.05, 0) is 0 Å². The molecule has 0 saturated heterocycles. The summed E-state index contributed by atoms with van der Waals surface area (Å²) in [6.07, 6.45) is 2.34. The third-order valence-electron chi connectivity index (χ3n) is 2.53. The maximum Gasteiger partial charge on any atom is 0.307 e. The van der Waals surface area contributed by atoms with Crippen molar-refractivity contribution in [1.29, 1.82) is 0 Å². The number of nitrogen functional groups attached to an aromatic ring is 1. The number of rotatable bonds is 4. The summed E-state index contributed by atoms with van der Waals surface area (Å²) in [5, 5.41) is 25.0. The van der Waals surface area contributed by atoms with E-state index in [0.29, 0.717) is 5.56 Å². The van der Waals surface area contributed by atoms with Crippen molar-refractivity contribution in [2.24, 2.45) is 0 Å². The van der Waals surface area contributed by atoms with E-state index in [0.717, 1.165) is 6.20 Å². The molecular weight excluding hydrogens is 254 g/mol. The first-order chi connectivity index (χ1) is 8.99. The Kier molecular flexibility index (Phi) is 3.10. The first-order valence-corrected chi connectivity index (χ1v) is 5.17. The molecule has 0 amide bonds. The molecule has 0 aliphatic heterocycles. The second-order valence-corrected chi connectivity index (χ2v) is 3.76.